The van der Waals surface area contributed by atoms with Crippen molar-refractivity contribution in [2.24, 2.45) is 0 Å². The van der Waals surface area contributed by atoms with Crippen LogP contribution in [-0.2, 0) is 23.8 Å². The number of hydrogen-bond acceptors (Lipinski definition) is 5. The van der Waals surface area contributed by atoms with E-state index in [9.17, 15) is 14.0 Å². The molecule has 104 valence electrons. The Morgan fingerprint density at radius 2 is 2.17 bits per heavy atom. The molecular formula is C12H19FO5. The van der Waals surface area contributed by atoms with Crippen LogP contribution < -0.4 is 0 Å². The molecule has 1 aliphatic heterocycles. The number of halogens is 1. The summed E-state index contributed by atoms with van der Waals surface area (Å²) in [6.07, 6.45) is 1.92. The SMILES string of the molecule is CCC(C)(F)C(=O)OCC(=O)OC1CCCCO1. The minimum absolute atomic E-state index is 0.00732. The van der Waals surface area contributed by atoms with Crippen molar-refractivity contribution in [2.45, 2.75) is 51.5 Å². The Hall–Kier alpha value is -1.17. The molecule has 1 heterocycles. The van der Waals surface area contributed by atoms with E-state index in [2.05, 4.69) is 4.74 Å². The fraction of sp³-hybridized carbons (Fsp3) is 0.833. The number of carbonyl (C=O) groups is 2. The summed E-state index contributed by atoms with van der Waals surface area (Å²) in [5.74, 6) is -1.77. The van der Waals surface area contributed by atoms with Gasteiger partial charge in [0, 0.05) is 6.42 Å². The minimum atomic E-state index is -2.07. The summed E-state index contributed by atoms with van der Waals surface area (Å²) in [4.78, 5) is 22.6. The Kier molecular flexibility index (Phi) is 5.53. The lowest BCUT2D eigenvalue weighted by atomic mass is 10.1. The van der Waals surface area contributed by atoms with Crippen LogP contribution in [0.3, 0.4) is 0 Å². The molecule has 1 fully saturated rings. The number of ether oxygens (including phenoxy) is 3. The highest BCUT2D eigenvalue weighted by molar-refractivity contribution is 5.81. The van der Waals surface area contributed by atoms with Crippen LogP contribution >= 0.6 is 0 Å². The van der Waals surface area contributed by atoms with Gasteiger partial charge in [0.25, 0.3) is 0 Å². The van der Waals surface area contributed by atoms with Crippen molar-refractivity contribution in [1.82, 2.24) is 0 Å². The molecule has 0 radical (unpaired) electrons. The third-order valence-corrected chi connectivity index (χ3v) is 2.81. The molecular weight excluding hydrogens is 243 g/mol. The second-order valence-corrected chi connectivity index (χ2v) is 4.41. The van der Waals surface area contributed by atoms with Gasteiger partial charge in [-0.25, -0.2) is 14.0 Å². The lowest BCUT2D eigenvalue weighted by Gasteiger charge is -2.22. The molecule has 1 rings (SSSR count). The Bertz CT molecular complexity index is 297. The monoisotopic (exact) mass is 262 g/mol. The molecule has 0 aromatic carbocycles. The lowest BCUT2D eigenvalue weighted by Crippen LogP contribution is -2.34. The van der Waals surface area contributed by atoms with E-state index in [0.717, 1.165) is 19.8 Å². The van der Waals surface area contributed by atoms with E-state index in [0.29, 0.717) is 13.0 Å². The van der Waals surface area contributed by atoms with Gasteiger partial charge in [0.15, 0.2) is 6.61 Å². The van der Waals surface area contributed by atoms with Gasteiger partial charge in [-0.15, -0.1) is 0 Å². The molecule has 5 nitrogen and oxygen atoms in total. The van der Waals surface area contributed by atoms with E-state index in [1.807, 2.05) is 0 Å². The molecule has 18 heavy (non-hydrogen) atoms. The molecule has 2 unspecified atom stereocenters. The fourth-order valence-corrected chi connectivity index (χ4v) is 1.40. The second-order valence-electron chi connectivity index (χ2n) is 4.41. The molecule has 0 N–H and O–H groups in total. The Balaban J connectivity index is 2.26. The second kappa shape index (κ2) is 6.68. The van der Waals surface area contributed by atoms with Gasteiger partial charge < -0.3 is 14.2 Å². The maximum absolute atomic E-state index is 13.5. The fourth-order valence-electron chi connectivity index (χ4n) is 1.40. The summed E-state index contributed by atoms with van der Waals surface area (Å²) in [5, 5.41) is 0. The summed E-state index contributed by atoms with van der Waals surface area (Å²) >= 11 is 0. The summed E-state index contributed by atoms with van der Waals surface area (Å²) in [5.41, 5.74) is -2.07. The van der Waals surface area contributed by atoms with Crippen LogP contribution in [-0.4, -0.2) is 37.1 Å². The zero-order chi connectivity index (χ0) is 13.6. The summed E-state index contributed by atoms with van der Waals surface area (Å²) in [6, 6.07) is 0. The van der Waals surface area contributed by atoms with Gasteiger partial charge in [0.1, 0.15) is 0 Å². The van der Waals surface area contributed by atoms with Crippen molar-refractivity contribution in [2.75, 3.05) is 13.2 Å². The predicted octanol–water partition coefficient (Wildman–Crippen LogP) is 1.74. The van der Waals surface area contributed by atoms with Crippen molar-refractivity contribution in [3.05, 3.63) is 0 Å². The van der Waals surface area contributed by atoms with E-state index in [-0.39, 0.29) is 6.42 Å². The average Bonchev–Trinajstić information content (AvgIpc) is 2.37. The Morgan fingerprint density at radius 1 is 1.44 bits per heavy atom. The van der Waals surface area contributed by atoms with Crippen LogP contribution in [0.15, 0.2) is 0 Å². The van der Waals surface area contributed by atoms with Crippen molar-refractivity contribution < 1.29 is 28.2 Å². The van der Waals surface area contributed by atoms with Crippen molar-refractivity contribution in [3.63, 3.8) is 0 Å². The number of carbonyl (C=O) groups excluding carboxylic acids is 2. The molecule has 0 bridgehead atoms. The maximum Gasteiger partial charge on any atom is 0.346 e. The van der Waals surface area contributed by atoms with Crippen molar-refractivity contribution in [1.29, 1.82) is 0 Å². The van der Waals surface area contributed by atoms with E-state index >= 15 is 0 Å². The molecule has 2 atom stereocenters. The zero-order valence-corrected chi connectivity index (χ0v) is 10.7. The minimum Gasteiger partial charge on any atom is -0.451 e. The third-order valence-electron chi connectivity index (χ3n) is 2.81. The molecule has 6 heteroatoms. The first-order valence-electron chi connectivity index (χ1n) is 6.13. The standard InChI is InChI=1S/C12H19FO5/c1-3-12(2,13)11(15)17-8-9(14)18-10-6-4-5-7-16-10/h10H,3-8H2,1-2H3. The first kappa shape index (κ1) is 14.9. The van der Waals surface area contributed by atoms with Crippen molar-refractivity contribution >= 4 is 11.9 Å². The van der Waals surface area contributed by atoms with Crippen LogP contribution in [0.2, 0.25) is 0 Å². The van der Waals surface area contributed by atoms with E-state index in [1.54, 1.807) is 0 Å². The molecule has 1 saturated heterocycles. The molecule has 0 aromatic rings. The highest BCUT2D eigenvalue weighted by Crippen LogP contribution is 2.17. The van der Waals surface area contributed by atoms with Crippen LogP contribution in [0.4, 0.5) is 4.39 Å². The van der Waals surface area contributed by atoms with E-state index < -0.39 is 30.5 Å². The van der Waals surface area contributed by atoms with Gasteiger partial charge in [-0.05, 0) is 26.2 Å². The normalized spacial score (nSPS) is 22.9. The van der Waals surface area contributed by atoms with Gasteiger partial charge in [-0.3, -0.25) is 0 Å². The van der Waals surface area contributed by atoms with Crippen LogP contribution in [0, 0.1) is 0 Å². The van der Waals surface area contributed by atoms with Crippen LogP contribution in [0.1, 0.15) is 39.5 Å². The van der Waals surface area contributed by atoms with Crippen molar-refractivity contribution in [3.8, 4) is 0 Å². The van der Waals surface area contributed by atoms with E-state index in [1.165, 1.54) is 6.92 Å². The zero-order valence-electron chi connectivity index (χ0n) is 10.7. The first-order valence-corrected chi connectivity index (χ1v) is 6.13. The number of hydrogen-bond donors (Lipinski definition) is 0. The number of rotatable bonds is 5. The molecule has 0 amide bonds. The topological polar surface area (TPSA) is 61.8 Å². The summed E-state index contributed by atoms with van der Waals surface area (Å²) < 4.78 is 28.1. The molecule has 0 aliphatic carbocycles. The van der Waals surface area contributed by atoms with E-state index in [4.69, 9.17) is 9.47 Å². The number of alkyl halides is 1. The quantitative estimate of drug-likeness (QED) is 0.706. The first-order chi connectivity index (χ1) is 8.45. The van der Waals surface area contributed by atoms with Gasteiger partial charge in [-0.1, -0.05) is 6.92 Å². The maximum atomic E-state index is 13.5. The third kappa shape index (κ3) is 4.60. The van der Waals surface area contributed by atoms with Gasteiger partial charge >= 0.3 is 11.9 Å². The average molecular weight is 262 g/mol. The molecule has 0 spiro atoms. The van der Waals surface area contributed by atoms with Crippen LogP contribution in [0.25, 0.3) is 0 Å². The highest BCUT2D eigenvalue weighted by Gasteiger charge is 2.33. The van der Waals surface area contributed by atoms with Gasteiger partial charge in [0.2, 0.25) is 12.0 Å². The smallest absolute Gasteiger partial charge is 0.346 e. The molecule has 0 aromatic heterocycles. The summed E-state index contributed by atoms with van der Waals surface area (Å²) in [6.45, 7) is 2.61. The summed E-state index contributed by atoms with van der Waals surface area (Å²) in [7, 11) is 0. The molecule has 0 saturated carbocycles. The van der Waals surface area contributed by atoms with Crippen LogP contribution in [0.5, 0.6) is 0 Å². The largest absolute Gasteiger partial charge is 0.451 e. The lowest BCUT2D eigenvalue weighted by molar-refractivity contribution is -0.194. The predicted molar refractivity (Wildman–Crippen MR) is 60.4 cm³/mol. The van der Waals surface area contributed by atoms with Gasteiger partial charge in [0.05, 0.1) is 6.61 Å². The number of esters is 2. The molecule has 1 aliphatic rings. The van der Waals surface area contributed by atoms with Gasteiger partial charge in [-0.2, -0.15) is 0 Å². The Morgan fingerprint density at radius 3 is 2.72 bits per heavy atom. The Labute approximate surface area is 106 Å². The highest BCUT2D eigenvalue weighted by atomic mass is 19.1.